The molecule has 0 amide bonds. The lowest BCUT2D eigenvalue weighted by Gasteiger charge is -2.43. The van der Waals surface area contributed by atoms with Gasteiger partial charge >= 0.3 is 0 Å². The van der Waals surface area contributed by atoms with Gasteiger partial charge in [-0.3, -0.25) is 4.90 Å². The maximum absolute atomic E-state index is 6.03. The molecule has 1 aromatic rings. The molecule has 21 heavy (non-hydrogen) atoms. The third kappa shape index (κ3) is 3.47. The van der Waals surface area contributed by atoms with Crippen LogP contribution in [-0.2, 0) is 4.74 Å². The van der Waals surface area contributed by atoms with Crippen molar-refractivity contribution in [3.8, 4) is 0 Å². The van der Waals surface area contributed by atoms with Crippen molar-refractivity contribution in [3.05, 3.63) is 34.4 Å². The van der Waals surface area contributed by atoms with Gasteiger partial charge in [0.25, 0.3) is 0 Å². The maximum atomic E-state index is 6.03. The first kappa shape index (κ1) is 16.5. The van der Waals surface area contributed by atoms with Gasteiger partial charge in [-0.1, -0.05) is 17.7 Å². The second-order valence-corrected chi connectivity index (χ2v) is 6.50. The van der Waals surface area contributed by atoms with E-state index in [1.807, 2.05) is 7.11 Å². The number of hydrogen-bond donors (Lipinski definition) is 1. The zero-order chi connectivity index (χ0) is 15.6. The van der Waals surface area contributed by atoms with E-state index < -0.39 is 0 Å². The standard InChI is InChI=1S/C18H30N2O/c1-12-8-13(2)18(14(3)9-12)15(4)20-7-6-17(21-5)10-16(20)11-19/h8-9,15-17H,6-7,10-11,19H2,1-5H3. The Hall–Kier alpha value is -0.900. The summed E-state index contributed by atoms with van der Waals surface area (Å²) in [6.07, 6.45) is 2.50. The van der Waals surface area contributed by atoms with E-state index >= 15 is 0 Å². The summed E-state index contributed by atoms with van der Waals surface area (Å²) < 4.78 is 5.54. The normalized spacial score (nSPS) is 25.0. The molecule has 1 saturated heterocycles. The highest BCUT2D eigenvalue weighted by molar-refractivity contribution is 5.39. The predicted octanol–water partition coefficient (Wildman–Crippen LogP) is 3.11. The lowest BCUT2D eigenvalue weighted by molar-refractivity contribution is -0.00181. The topological polar surface area (TPSA) is 38.5 Å². The highest BCUT2D eigenvalue weighted by Gasteiger charge is 2.32. The fourth-order valence-electron chi connectivity index (χ4n) is 4.00. The number of methoxy groups -OCH3 is 1. The third-order valence-corrected chi connectivity index (χ3v) is 4.97. The molecule has 0 aromatic heterocycles. The van der Waals surface area contributed by atoms with Crippen LogP contribution in [0.1, 0.15) is 48.1 Å². The van der Waals surface area contributed by atoms with Crippen LogP contribution >= 0.6 is 0 Å². The second-order valence-electron chi connectivity index (χ2n) is 6.50. The van der Waals surface area contributed by atoms with Crippen LogP contribution < -0.4 is 5.73 Å². The summed E-state index contributed by atoms with van der Waals surface area (Å²) in [6.45, 7) is 10.7. The zero-order valence-corrected chi connectivity index (χ0v) is 14.1. The molecule has 0 spiro atoms. The number of piperidine rings is 1. The van der Waals surface area contributed by atoms with Gasteiger partial charge in [-0.05, 0) is 57.2 Å². The van der Waals surface area contributed by atoms with Gasteiger partial charge in [0.15, 0.2) is 0 Å². The summed E-state index contributed by atoms with van der Waals surface area (Å²) in [7, 11) is 1.81. The molecule has 1 fully saturated rings. The SMILES string of the molecule is COC1CCN(C(C)c2c(C)cc(C)cc2C)C(CN)C1. The molecule has 1 aromatic carbocycles. The minimum absolute atomic E-state index is 0.363. The fourth-order valence-corrected chi connectivity index (χ4v) is 4.00. The summed E-state index contributed by atoms with van der Waals surface area (Å²) in [5.74, 6) is 0. The second kappa shape index (κ2) is 6.91. The minimum Gasteiger partial charge on any atom is -0.381 e. The molecule has 3 unspecified atom stereocenters. The Morgan fingerprint density at radius 1 is 1.29 bits per heavy atom. The van der Waals surface area contributed by atoms with Crippen molar-refractivity contribution in [2.24, 2.45) is 5.73 Å². The number of nitrogens with zero attached hydrogens (tertiary/aromatic N) is 1. The van der Waals surface area contributed by atoms with E-state index in [9.17, 15) is 0 Å². The summed E-state index contributed by atoms with van der Waals surface area (Å²) >= 11 is 0. The molecule has 118 valence electrons. The van der Waals surface area contributed by atoms with Crippen LogP contribution in [0, 0.1) is 20.8 Å². The van der Waals surface area contributed by atoms with Crippen LogP contribution in [0.15, 0.2) is 12.1 Å². The van der Waals surface area contributed by atoms with Crippen LogP contribution in [0.3, 0.4) is 0 Å². The molecular weight excluding hydrogens is 260 g/mol. The third-order valence-electron chi connectivity index (χ3n) is 4.97. The van der Waals surface area contributed by atoms with Crippen LogP contribution in [0.5, 0.6) is 0 Å². The largest absolute Gasteiger partial charge is 0.381 e. The zero-order valence-electron chi connectivity index (χ0n) is 14.1. The Bertz CT molecular complexity index is 463. The number of aryl methyl sites for hydroxylation is 3. The lowest BCUT2D eigenvalue weighted by Crippen LogP contribution is -2.49. The Morgan fingerprint density at radius 2 is 1.90 bits per heavy atom. The average Bonchev–Trinajstić information content (AvgIpc) is 2.45. The number of rotatable bonds is 4. The van der Waals surface area contributed by atoms with E-state index in [4.69, 9.17) is 10.5 Å². The number of hydrogen-bond acceptors (Lipinski definition) is 3. The molecule has 0 saturated carbocycles. The van der Waals surface area contributed by atoms with Gasteiger partial charge in [-0.25, -0.2) is 0 Å². The Morgan fingerprint density at radius 3 is 2.43 bits per heavy atom. The van der Waals surface area contributed by atoms with Crippen LogP contribution in [0.4, 0.5) is 0 Å². The smallest absolute Gasteiger partial charge is 0.0599 e. The first-order chi connectivity index (χ1) is 9.97. The van der Waals surface area contributed by atoms with Crippen molar-refractivity contribution >= 4 is 0 Å². The van der Waals surface area contributed by atoms with Gasteiger partial charge in [0.2, 0.25) is 0 Å². The van der Waals surface area contributed by atoms with E-state index in [1.165, 1.54) is 22.3 Å². The highest BCUT2D eigenvalue weighted by Crippen LogP contribution is 2.32. The first-order valence-corrected chi connectivity index (χ1v) is 8.04. The molecule has 3 atom stereocenters. The predicted molar refractivity (Wildman–Crippen MR) is 88.6 cm³/mol. The monoisotopic (exact) mass is 290 g/mol. The molecule has 1 heterocycles. The van der Waals surface area contributed by atoms with Crippen molar-refractivity contribution in [2.45, 2.75) is 58.7 Å². The lowest BCUT2D eigenvalue weighted by atomic mass is 9.90. The van der Waals surface area contributed by atoms with Gasteiger partial charge in [-0.15, -0.1) is 0 Å². The molecule has 2 N–H and O–H groups in total. The van der Waals surface area contributed by atoms with Gasteiger partial charge < -0.3 is 10.5 Å². The molecular formula is C18H30N2O. The fraction of sp³-hybridized carbons (Fsp3) is 0.667. The van der Waals surface area contributed by atoms with Crippen molar-refractivity contribution in [3.63, 3.8) is 0 Å². The quantitative estimate of drug-likeness (QED) is 0.926. The number of likely N-dealkylation sites (tertiary alicyclic amines) is 1. The van der Waals surface area contributed by atoms with E-state index in [-0.39, 0.29) is 0 Å². The summed E-state index contributed by atoms with van der Waals surface area (Å²) in [5.41, 5.74) is 11.6. The highest BCUT2D eigenvalue weighted by atomic mass is 16.5. The molecule has 2 rings (SSSR count). The Kier molecular flexibility index (Phi) is 5.42. The summed E-state index contributed by atoms with van der Waals surface area (Å²) in [6, 6.07) is 5.41. The summed E-state index contributed by atoms with van der Waals surface area (Å²) in [5, 5.41) is 0. The Balaban J connectivity index is 2.25. The molecule has 0 aliphatic carbocycles. The summed E-state index contributed by atoms with van der Waals surface area (Å²) in [4.78, 5) is 2.57. The average molecular weight is 290 g/mol. The number of ether oxygens (including phenoxy) is 1. The molecule has 0 bridgehead atoms. The molecule has 1 aliphatic rings. The Labute approximate surface area is 129 Å². The van der Waals surface area contributed by atoms with E-state index in [1.54, 1.807) is 0 Å². The van der Waals surface area contributed by atoms with E-state index in [0.717, 1.165) is 19.4 Å². The van der Waals surface area contributed by atoms with Crippen LogP contribution in [0.25, 0.3) is 0 Å². The minimum atomic E-state index is 0.363. The van der Waals surface area contributed by atoms with Crippen LogP contribution in [0.2, 0.25) is 0 Å². The molecule has 0 radical (unpaired) electrons. The van der Waals surface area contributed by atoms with Crippen molar-refractivity contribution in [1.29, 1.82) is 0 Å². The number of benzene rings is 1. The number of nitrogens with two attached hydrogens (primary N) is 1. The van der Waals surface area contributed by atoms with E-state index in [0.29, 0.717) is 24.7 Å². The van der Waals surface area contributed by atoms with Gasteiger partial charge in [0.05, 0.1) is 6.10 Å². The van der Waals surface area contributed by atoms with Gasteiger partial charge in [0, 0.05) is 32.3 Å². The molecule has 3 nitrogen and oxygen atoms in total. The van der Waals surface area contributed by atoms with Crippen molar-refractivity contribution in [1.82, 2.24) is 4.90 Å². The maximum Gasteiger partial charge on any atom is 0.0599 e. The molecule has 1 aliphatic heterocycles. The molecule has 3 heteroatoms. The van der Waals surface area contributed by atoms with E-state index in [2.05, 4.69) is 44.7 Å². The van der Waals surface area contributed by atoms with Gasteiger partial charge in [0.1, 0.15) is 0 Å². The van der Waals surface area contributed by atoms with Crippen molar-refractivity contribution in [2.75, 3.05) is 20.2 Å². The van der Waals surface area contributed by atoms with Crippen LogP contribution in [-0.4, -0.2) is 37.2 Å². The first-order valence-electron chi connectivity index (χ1n) is 8.04. The van der Waals surface area contributed by atoms with Gasteiger partial charge in [-0.2, -0.15) is 0 Å². The van der Waals surface area contributed by atoms with Crippen molar-refractivity contribution < 1.29 is 4.74 Å².